The van der Waals surface area contributed by atoms with Crippen molar-refractivity contribution in [2.45, 2.75) is 59.5 Å². The third-order valence-electron chi connectivity index (χ3n) is 9.97. The van der Waals surface area contributed by atoms with Crippen LogP contribution in [-0.2, 0) is 29.5 Å². The Morgan fingerprint density at radius 3 is 1.38 bits per heavy atom. The third-order valence-corrected chi connectivity index (χ3v) is 13.9. The Morgan fingerprint density at radius 2 is 1.09 bits per heavy atom. The van der Waals surface area contributed by atoms with Crippen LogP contribution in [0.5, 0.6) is 11.5 Å². The maximum absolute atomic E-state index is 13.9. The molecule has 4 fully saturated rings. The number of sulfonamides is 2. The highest BCUT2D eigenvalue weighted by Gasteiger charge is 2.68. The molecule has 20 heteroatoms. The van der Waals surface area contributed by atoms with Crippen molar-refractivity contribution in [3.05, 3.63) is 118 Å². The van der Waals surface area contributed by atoms with Gasteiger partial charge in [0.25, 0.3) is 20.0 Å². The molecule has 0 bridgehead atoms. The Balaban J connectivity index is 0.000000172. The summed E-state index contributed by atoms with van der Waals surface area (Å²) in [5, 5.41) is 0.436. The zero-order valence-electron chi connectivity index (χ0n) is 29.3. The molecule has 4 aliphatic heterocycles. The first-order valence-corrected chi connectivity index (χ1v) is 20.4. The molecule has 8 rings (SSSR count). The molecular weight excluding hydrogens is 817 g/mol. The van der Waals surface area contributed by atoms with Crippen molar-refractivity contribution < 1.29 is 44.6 Å². The zero-order valence-corrected chi connectivity index (χ0v) is 32.5. The van der Waals surface area contributed by atoms with Gasteiger partial charge in [0.15, 0.2) is 10.1 Å². The molecule has 4 aliphatic rings. The molecule has 292 valence electrons. The van der Waals surface area contributed by atoms with Gasteiger partial charge in [-0.3, -0.25) is 0 Å². The van der Waals surface area contributed by atoms with Gasteiger partial charge in [-0.05, 0) is 62.4 Å². The van der Waals surface area contributed by atoms with E-state index < -0.39 is 55.1 Å². The molecule has 4 aromatic rings. The Bertz CT molecular complexity index is 2320. The van der Waals surface area contributed by atoms with Gasteiger partial charge in [-0.1, -0.05) is 23.2 Å². The van der Waals surface area contributed by atoms with Crippen LogP contribution >= 0.6 is 23.2 Å². The Hall–Kier alpha value is -4.50. The van der Waals surface area contributed by atoms with Gasteiger partial charge in [0.2, 0.25) is 11.4 Å². The minimum absolute atomic E-state index is 0.0309. The lowest BCUT2D eigenvalue weighted by Gasteiger charge is -2.18. The lowest BCUT2D eigenvalue weighted by atomic mass is 10.0. The molecule has 0 saturated carbocycles. The van der Waals surface area contributed by atoms with Gasteiger partial charge in [0.05, 0.1) is 48.5 Å². The summed E-state index contributed by atoms with van der Waals surface area (Å²) >= 11 is 11.6. The summed E-state index contributed by atoms with van der Waals surface area (Å²) in [4.78, 5) is 13.9. The second-order valence-electron chi connectivity index (χ2n) is 13.3. The number of nitrogens with zero attached hydrogens (tertiary/aromatic N) is 6. The molecule has 2 aromatic carbocycles. The normalized spacial score (nSPS) is 26.9. The predicted octanol–water partition coefficient (Wildman–Crippen LogP) is 6.07. The summed E-state index contributed by atoms with van der Waals surface area (Å²) in [7, 11) is -7.73. The highest BCUT2D eigenvalue weighted by molar-refractivity contribution is 7.89. The number of pyridine rings is 2. The maximum Gasteiger partial charge on any atom is 0.260 e. The monoisotopic (exact) mass is 846 g/mol. The first kappa shape index (κ1) is 39.7. The molecule has 4 saturated heterocycles. The fourth-order valence-corrected chi connectivity index (χ4v) is 9.74. The fourth-order valence-electron chi connectivity index (χ4n) is 6.73. The minimum Gasteiger partial charge on any atom is -0.486 e. The molecule has 0 unspecified atom stereocenters. The first-order valence-electron chi connectivity index (χ1n) is 16.8. The summed E-state index contributed by atoms with van der Waals surface area (Å²) in [6.07, 6.45) is 0.885. The second-order valence-corrected chi connectivity index (χ2v) is 18.0. The van der Waals surface area contributed by atoms with Crippen molar-refractivity contribution >= 4 is 54.6 Å². The van der Waals surface area contributed by atoms with Crippen LogP contribution in [0.4, 0.5) is 20.2 Å². The summed E-state index contributed by atoms with van der Waals surface area (Å²) in [6.45, 7) is 17.7. The van der Waals surface area contributed by atoms with E-state index in [1.54, 1.807) is 0 Å². The van der Waals surface area contributed by atoms with Crippen LogP contribution in [0.2, 0.25) is 10.0 Å². The summed E-state index contributed by atoms with van der Waals surface area (Å²) in [5.41, 5.74) is -1.81. The largest absolute Gasteiger partial charge is 0.486 e. The molecule has 0 radical (unpaired) electrons. The summed E-state index contributed by atoms with van der Waals surface area (Å²) in [5.74, 6) is -0.972. The molecule has 0 N–H and O–H groups in total. The third kappa shape index (κ3) is 7.39. The summed E-state index contributed by atoms with van der Waals surface area (Å²) in [6, 6.07) is 13.4. The zero-order chi connectivity index (χ0) is 40.2. The van der Waals surface area contributed by atoms with Gasteiger partial charge in [0.1, 0.15) is 46.5 Å². The average Bonchev–Trinajstić information content (AvgIpc) is 3.88. The Labute approximate surface area is 331 Å². The standard InChI is InChI=1S/2C18H15ClFN3O4S/c2*1-11-18(27-11)10-23(28(24,25)17-6-3-12(19)8-22-17)9-16(18)26-13-4-5-15(21-2)14(20)7-13/h2*3-8,11,16H,9-10H2,1H3/t11-,16+,18+;11-,16-,18+/m10/s1. The summed E-state index contributed by atoms with van der Waals surface area (Å²) < 4.78 is 105. The van der Waals surface area contributed by atoms with Crippen LogP contribution in [-0.4, -0.2) is 97.2 Å². The molecule has 2 aromatic heterocycles. The molecule has 6 atom stereocenters. The van der Waals surface area contributed by atoms with E-state index in [1.807, 2.05) is 13.8 Å². The van der Waals surface area contributed by atoms with Crippen molar-refractivity contribution in [2.24, 2.45) is 0 Å². The van der Waals surface area contributed by atoms with Gasteiger partial charge in [-0.25, -0.2) is 45.3 Å². The topological polar surface area (TPSA) is 153 Å². The number of rotatable bonds is 8. The molecule has 14 nitrogen and oxygen atoms in total. The molecular formula is C36H30Cl2F2N6O8S2. The predicted molar refractivity (Wildman–Crippen MR) is 197 cm³/mol. The lowest BCUT2D eigenvalue weighted by Crippen LogP contribution is -2.35. The van der Waals surface area contributed by atoms with Crippen molar-refractivity contribution in [1.29, 1.82) is 0 Å². The van der Waals surface area contributed by atoms with E-state index in [1.165, 1.54) is 69.5 Å². The average molecular weight is 848 g/mol. The quantitative estimate of drug-likeness (QED) is 0.151. The van der Waals surface area contributed by atoms with E-state index in [9.17, 15) is 25.6 Å². The SMILES string of the molecule is [C-]#[N+]c1ccc(O[C@H]2CN(S(=O)(=O)c3ccc(Cl)cn3)C[C@@]23O[C@@H]3C)cc1F.[C-]#[N+]c1ccc(O[C@H]2CN(S(=O)(=O)c3ccc(Cl)cn3)C[C@]23O[C@H]3C)cc1F. The van der Waals surface area contributed by atoms with E-state index in [2.05, 4.69) is 19.7 Å². The van der Waals surface area contributed by atoms with E-state index in [0.717, 1.165) is 12.1 Å². The van der Waals surface area contributed by atoms with E-state index in [-0.39, 0.29) is 71.3 Å². The molecule has 0 amide bonds. The molecule has 6 heterocycles. The number of hydrogen-bond acceptors (Lipinski definition) is 10. The molecule has 2 spiro atoms. The lowest BCUT2D eigenvalue weighted by molar-refractivity contribution is 0.135. The van der Waals surface area contributed by atoms with Crippen LogP contribution < -0.4 is 9.47 Å². The van der Waals surface area contributed by atoms with E-state index in [0.29, 0.717) is 10.0 Å². The van der Waals surface area contributed by atoms with Crippen molar-refractivity contribution in [3.8, 4) is 11.5 Å². The van der Waals surface area contributed by atoms with Gasteiger partial charge >= 0.3 is 0 Å². The van der Waals surface area contributed by atoms with Crippen LogP contribution in [0.25, 0.3) is 9.69 Å². The van der Waals surface area contributed by atoms with Crippen LogP contribution in [0.15, 0.2) is 83.1 Å². The Morgan fingerprint density at radius 1 is 0.714 bits per heavy atom. The number of halogens is 4. The van der Waals surface area contributed by atoms with Gasteiger partial charge in [-0.2, -0.15) is 8.61 Å². The Kier molecular flexibility index (Phi) is 10.5. The smallest absolute Gasteiger partial charge is 0.260 e. The molecule has 0 aliphatic carbocycles. The number of benzene rings is 2. The number of ether oxygens (including phenoxy) is 4. The van der Waals surface area contributed by atoms with E-state index >= 15 is 0 Å². The van der Waals surface area contributed by atoms with Crippen LogP contribution in [0.3, 0.4) is 0 Å². The minimum atomic E-state index is -3.86. The second kappa shape index (κ2) is 14.8. The highest BCUT2D eigenvalue weighted by Crippen LogP contribution is 2.48. The van der Waals surface area contributed by atoms with Gasteiger partial charge in [0, 0.05) is 37.6 Å². The number of aromatic nitrogens is 2. The van der Waals surface area contributed by atoms with Gasteiger partial charge < -0.3 is 18.9 Å². The van der Waals surface area contributed by atoms with Crippen molar-refractivity contribution in [3.63, 3.8) is 0 Å². The fraction of sp³-hybridized carbons (Fsp3) is 0.333. The van der Waals surface area contributed by atoms with Crippen molar-refractivity contribution in [1.82, 2.24) is 18.6 Å². The highest BCUT2D eigenvalue weighted by atomic mass is 35.5. The molecule has 56 heavy (non-hydrogen) atoms. The van der Waals surface area contributed by atoms with Crippen molar-refractivity contribution in [2.75, 3.05) is 26.2 Å². The number of hydrogen-bond donors (Lipinski definition) is 0. The maximum atomic E-state index is 13.9. The number of epoxide rings is 2. The van der Waals surface area contributed by atoms with E-state index in [4.69, 9.17) is 55.3 Å². The van der Waals surface area contributed by atoms with Crippen LogP contribution in [0, 0.1) is 24.8 Å². The van der Waals surface area contributed by atoms with Gasteiger partial charge in [-0.15, -0.1) is 0 Å². The first-order chi connectivity index (χ1) is 26.5. The van der Waals surface area contributed by atoms with Crippen LogP contribution in [0.1, 0.15) is 13.8 Å².